The Bertz CT molecular complexity index is 1290. The number of rotatable bonds is 10. The Hall–Kier alpha value is -2.91. The molecule has 0 spiro atoms. The van der Waals surface area contributed by atoms with E-state index in [1.165, 1.54) is 18.3 Å². The summed E-state index contributed by atoms with van der Waals surface area (Å²) in [6, 6.07) is 18.5. The molecule has 3 aromatic carbocycles. The standard InChI is InChI=1S/C25H25Cl2N3O4S/c1-3-34-24-10-5-4-7-19(24)15-28-29-25(31)17-30(16-21-22(26)8-6-9-23(21)27)35(32,33)20-13-11-18(2)12-14-20/h4-15H,3,16-17H2,1-2H3,(H,29,31)/b28-15-. The fourth-order valence-corrected chi connectivity index (χ4v) is 5.07. The molecule has 35 heavy (non-hydrogen) atoms. The van der Waals surface area contributed by atoms with Gasteiger partial charge in [0.15, 0.2) is 0 Å². The Labute approximate surface area is 215 Å². The number of hydrogen-bond acceptors (Lipinski definition) is 5. The number of nitrogens with zero attached hydrogens (tertiary/aromatic N) is 2. The lowest BCUT2D eigenvalue weighted by Crippen LogP contribution is -2.39. The predicted molar refractivity (Wildman–Crippen MR) is 139 cm³/mol. The van der Waals surface area contributed by atoms with E-state index < -0.39 is 22.5 Å². The molecule has 0 aliphatic carbocycles. The lowest BCUT2D eigenvalue weighted by atomic mass is 10.2. The summed E-state index contributed by atoms with van der Waals surface area (Å²) in [4.78, 5) is 12.8. The van der Waals surface area contributed by atoms with Gasteiger partial charge in [0.05, 0.1) is 24.3 Å². The van der Waals surface area contributed by atoms with Gasteiger partial charge in [-0.15, -0.1) is 0 Å². The second-order valence-electron chi connectivity index (χ2n) is 7.55. The summed E-state index contributed by atoms with van der Waals surface area (Å²) in [6.45, 7) is 3.51. The number of carbonyl (C=O) groups excluding carboxylic acids is 1. The molecule has 7 nitrogen and oxygen atoms in total. The van der Waals surface area contributed by atoms with Crippen LogP contribution in [0.15, 0.2) is 76.7 Å². The fourth-order valence-electron chi connectivity index (χ4n) is 3.19. The van der Waals surface area contributed by atoms with E-state index in [0.29, 0.717) is 33.5 Å². The first-order valence-corrected chi connectivity index (χ1v) is 13.0. The van der Waals surface area contributed by atoms with E-state index in [2.05, 4.69) is 10.5 Å². The summed E-state index contributed by atoms with van der Waals surface area (Å²) < 4.78 is 33.4. The van der Waals surface area contributed by atoms with Gasteiger partial charge in [-0.25, -0.2) is 13.8 Å². The zero-order chi connectivity index (χ0) is 25.4. The number of halogens is 2. The molecule has 0 bridgehead atoms. The molecule has 184 valence electrons. The van der Waals surface area contributed by atoms with Crippen molar-refractivity contribution in [2.45, 2.75) is 25.3 Å². The smallest absolute Gasteiger partial charge is 0.255 e. The molecule has 0 aliphatic rings. The number of sulfonamides is 1. The molecule has 0 saturated carbocycles. The van der Waals surface area contributed by atoms with E-state index in [1.807, 2.05) is 26.0 Å². The van der Waals surface area contributed by atoms with Crippen molar-refractivity contribution < 1.29 is 17.9 Å². The second kappa shape index (κ2) is 12.2. The maximum absolute atomic E-state index is 13.4. The van der Waals surface area contributed by atoms with Gasteiger partial charge in [0, 0.05) is 27.7 Å². The lowest BCUT2D eigenvalue weighted by molar-refractivity contribution is -0.121. The highest BCUT2D eigenvalue weighted by Crippen LogP contribution is 2.28. The zero-order valence-corrected chi connectivity index (χ0v) is 21.6. The molecule has 0 unspecified atom stereocenters. The van der Waals surface area contributed by atoms with Crippen LogP contribution in [0.3, 0.4) is 0 Å². The number of hydrazone groups is 1. The highest BCUT2D eigenvalue weighted by atomic mass is 35.5. The number of benzene rings is 3. The highest BCUT2D eigenvalue weighted by molar-refractivity contribution is 7.89. The van der Waals surface area contributed by atoms with Crippen LogP contribution < -0.4 is 10.2 Å². The fraction of sp³-hybridized carbons (Fsp3) is 0.200. The summed E-state index contributed by atoms with van der Waals surface area (Å²) in [5.74, 6) is -0.0149. The van der Waals surface area contributed by atoms with E-state index in [9.17, 15) is 13.2 Å². The average molecular weight is 534 g/mol. The van der Waals surface area contributed by atoms with Crippen molar-refractivity contribution in [3.05, 3.63) is 93.5 Å². The molecule has 0 aromatic heterocycles. The molecule has 3 rings (SSSR count). The van der Waals surface area contributed by atoms with E-state index in [0.717, 1.165) is 9.87 Å². The van der Waals surface area contributed by atoms with Crippen LogP contribution in [0.2, 0.25) is 10.0 Å². The Morgan fingerprint density at radius 3 is 2.34 bits per heavy atom. The van der Waals surface area contributed by atoms with Gasteiger partial charge in [-0.3, -0.25) is 4.79 Å². The number of hydrogen-bond donors (Lipinski definition) is 1. The topological polar surface area (TPSA) is 88.1 Å². The molecule has 10 heteroatoms. The van der Waals surface area contributed by atoms with Gasteiger partial charge in [-0.05, 0) is 50.2 Å². The Morgan fingerprint density at radius 1 is 1.03 bits per heavy atom. The van der Waals surface area contributed by atoms with Gasteiger partial charge < -0.3 is 4.74 Å². The maximum Gasteiger partial charge on any atom is 0.255 e. The van der Waals surface area contributed by atoms with Crippen LogP contribution in [-0.2, 0) is 21.4 Å². The van der Waals surface area contributed by atoms with Gasteiger partial charge in [-0.1, -0.05) is 59.1 Å². The third-order valence-corrected chi connectivity index (χ3v) is 7.50. The van der Waals surface area contributed by atoms with E-state index >= 15 is 0 Å². The molecule has 0 heterocycles. The zero-order valence-electron chi connectivity index (χ0n) is 19.2. The van der Waals surface area contributed by atoms with Gasteiger partial charge in [-0.2, -0.15) is 9.41 Å². The van der Waals surface area contributed by atoms with Crippen LogP contribution in [0, 0.1) is 6.92 Å². The van der Waals surface area contributed by atoms with Gasteiger partial charge in [0.25, 0.3) is 5.91 Å². The van der Waals surface area contributed by atoms with Crippen molar-refractivity contribution in [1.29, 1.82) is 0 Å². The van der Waals surface area contributed by atoms with Crippen molar-refractivity contribution in [2.75, 3.05) is 13.2 Å². The number of ether oxygens (including phenoxy) is 1. The first-order valence-electron chi connectivity index (χ1n) is 10.8. The molecular formula is C25H25Cl2N3O4S. The molecule has 0 atom stereocenters. The number of aryl methyl sites for hydroxylation is 1. The Balaban J connectivity index is 1.84. The van der Waals surface area contributed by atoms with E-state index in [-0.39, 0.29) is 11.4 Å². The van der Waals surface area contributed by atoms with Gasteiger partial charge in [0.2, 0.25) is 10.0 Å². The molecule has 1 N–H and O–H groups in total. The largest absolute Gasteiger partial charge is 0.493 e. The minimum atomic E-state index is -4.05. The lowest BCUT2D eigenvalue weighted by Gasteiger charge is -2.22. The number of nitrogens with one attached hydrogen (secondary N) is 1. The Morgan fingerprint density at radius 2 is 1.69 bits per heavy atom. The molecule has 3 aromatic rings. The maximum atomic E-state index is 13.4. The highest BCUT2D eigenvalue weighted by Gasteiger charge is 2.28. The number of para-hydroxylation sites is 1. The predicted octanol–water partition coefficient (Wildman–Crippen LogP) is 5.04. The van der Waals surface area contributed by atoms with Crippen molar-refractivity contribution in [3.8, 4) is 5.75 Å². The van der Waals surface area contributed by atoms with Crippen molar-refractivity contribution in [1.82, 2.24) is 9.73 Å². The average Bonchev–Trinajstić information content (AvgIpc) is 2.82. The van der Waals surface area contributed by atoms with Crippen LogP contribution in [0.4, 0.5) is 0 Å². The third-order valence-electron chi connectivity index (χ3n) is 4.99. The molecule has 0 saturated heterocycles. The van der Waals surface area contributed by atoms with Gasteiger partial charge in [0.1, 0.15) is 5.75 Å². The first kappa shape index (κ1) is 26.7. The van der Waals surface area contributed by atoms with Crippen LogP contribution in [0.1, 0.15) is 23.6 Å². The number of amides is 1. The normalized spacial score (nSPS) is 11.7. The van der Waals surface area contributed by atoms with E-state index in [1.54, 1.807) is 42.5 Å². The third kappa shape index (κ3) is 7.05. The molecule has 0 fully saturated rings. The minimum absolute atomic E-state index is 0.0493. The monoisotopic (exact) mass is 533 g/mol. The quantitative estimate of drug-likeness (QED) is 0.292. The van der Waals surface area contributed by atoms with Crippen LogP contribution in [-0.4, -0.2) is 38.0 Å². The summed E-state index contributed by atoms with van der Waals surface area (Å²) in [7, 11) is -4.05. The number of carbonyl (C=O) groups is 1. The van der Waals surface area contributed by atoms with Crippen LogP contribution in [0.25, 0.3) is 0 Å². The van der Waals surface area contributed by atoms with Crippen molar-refractivity contribution in [3.63, 3.8) is 0 Å². The van der Waals surface area contributed by atoms with Crippen LogP contribution >= 0.6 is 23.2 Å². The molecule has 1 amide bonds. The SMILES string of the molecule is CCOc1ccccc1/C=N\NC(=O)CN(Cc1c(Cl)cccc1Cl)S(=O)(=O)c1ccc(C)cc1. The molecule has 0 aliphatic heterocycles. The summed E-state index contributed by atoms with van der Waals surface area (Å²) >= 11 is 12.6. The van der Waals surface area contributed by atoms with Crippen molar-refractivity contribution >= 4 is 45.3 Å². The van der Waals surface area contributed by atoms with Gasteiger partial charge >= 0.3 is 0 Å². The minimum Gasteiger partial charge on any atom is -0.493 e. The Kier molecular flexibility index (Phi) is 9.28. The molecular weight excluding hydrogens is 509 g/mol. The summed E-state index contributed by atoms with van der Waals surface area (Å²) in [5.41, 5.74) is 4.35. The van der Waals surface area contributed by atoms with Crippen LogP contribution in [0.5, 0.6) is 5.75 Å². The van der Waals surface area contributed by atoms with Crippen molar-refractivity contribution in [2.24, 2.45) is 5.10 Å². The summed E-state index contributed by atoms with van der Waals surface area (Å²) in [5, 5.41) is 4.57. The summed E-state index contributed by atoms with van der Waals surface area (Å²) in [6.07, 6.45) is 1.44. The molecule has 0 radical (unpaired) electrons. The first-order chi connectivity index (χ1) is 16.7. The van der Waals surface area contributed by atoms with E-state index in [4.69, 9.17) is 27.9 Å². The second-order valence-corrected chi connectivity index (χ2v) is 10.3.